The molecule has 0 aromatic heterocycles. The van der Waals surface area contributed by atoms with E-state index in [0.717, 1.165) is 23.8 Å². The Morgan fingerprint density at radius 2 is 1.75 bits per heavy atom. The molecule has 2 saturated carbocycles. The SMILES string of the molecule is CC1(C)C2CCC1(C)C(S)(B1Oc3ccccc3O1)C2. The van der Waals surface area contributed by atoms with Gasteiger partial charge < -0.3 is 9.31 Å². The monoisotopic (exact) mass is 288 g/mol. The van der Waals surface area contributed by atoms with Gasteiger partial charge in [-0.25, -0.2) is 0 Å². The van der Waals surface area contributed by atoms with Crippen LogP contribution in [0.5, 0.6) is 11.5 Å². The third-order valence-electron chi connectivity index (χ3n) is 6.66. The number of benzene rings is 1. The summed E-state index contributed by atoms with van der Waals surface area (Å²) in [5.41, 5.74) is 0.455. The zero-order valence-corrected chi connectivity index (χ0v) is 13.2. The summed E-state index contributed by atoms with van der Waals surface area (Å²) in [5, 5.41) is 0. The fourth-order valence-electron chi connectivity index (χ4n) is 4.78. The van der Waals surface area contributed by atoms with Gasteiger partial charge in [-0.3, -0.25) is 0 Å². The van der Waals surface area contributed by atoms with Gasteiger partial charge in [0.1, 0.15) is 11.5 Å². The minimum atomic E-state index is -0.266. The van der Waals surface area contributed by atoms with Crippen LogP contribution in [-0.4, -0.2) is 11.8 Å². The molecule has 2 bridgehead atoms. The summed E-state index contributed by atoms with van der Waals surface area (Å²) < 4.78 is 12.0. The first-order valence-electron chi connectivity index (χ1n) is 7.53. The van der Waals surface area contributed by atoms with E-state index in [4.69, 9.17) is 21.9 Å². The molecule has 4 rings (SSSR count). The van der Waals surface area contributed by atoms with E-state index in [-0.39, 0.29) is 17.2 Å². The van der Waals surface area contributed by atoms with Crippen molar-refractivity contribution in [2.75, 3.05) is 0 Å². The predicted molar refractivity (Wildman–Crippen MR) is 84.4 cm³/mol. The molecule has 1 heterocycles. The highest BCUT2D eigenvalue weighted by atomic mass is 32.1. The molecule has 2 nitrogen and oxygen atoms in total. The molecule has 20 heavy (non-hydrogen) atoms. The Balaban J connectivity index is 1.71. The van der Waals surface area contributed by atoms with Crippen LogP contribution >= 0.6 is 12.6 Å². The smallest absolute Gasteiger partial charge is 0.522 e. The van der Waals surface area contributed by atoms with E-state index >= 15 is 0 Å². The van der Waals surface area contributed by atoms with Crippen LogP contribution in [0.15, 0.2) is 24.3 Å². The van der Waals surface area contributed by atoms with Crippen molar-refractivity contribution in [3.8, 4) is 11.5 Å². The van der Waals surface area contributed by atoms with Gasteiger partial charge in [-0.05, 0) is 48.1 Å². The number of hydrogen-bond acceptors (Lipinski definition) is 3. The first-order valence-corrected chi connectivity index (χ1v) is 7.98. The fraction of sp³-hybridized carbons (Fsp3) is 0.625. The maximum Gasteiger partial charge on any atom is 0.612 e. The van der Waals surface area contributed by atoms with Gasteiger partial charge >= 0.3 is 7.12 Å². The van der Waals surface area contributed by atoms with E-state index in [1.54, 1.807) is 0 Å². The minimum absolute atomic E-state index is 0.153. The summed E-state index contributed by atoms with van der Waals surface area (Å²) in [4.78, 5) is 0. The highest BCUT2D eigenvalue weighted by molar-refractivity contribution is 7.83. The first kappa shape index (κ1) is 12.9. The molecule has 4 heteroatoms. The fourth-order valence-corrected chi connectivity index (χ4v) is 5.51. The Morgan fingerprint density at radius 1 is 1.15 bits per heavy atom. The van der Waals surface area contributed by atoms with Crippen LogP contribution in [0.1, 0.15) is 40.0 Å². The third kappa shape index (κ3) is 1.29. The average molecular weight is 288 g/mol. The summed E-state index contributed by atoms with van der Waals surface area (Å²) in [7, 11) is -0.266. The second-order valence-corrected chi connectivity index (χ2v) is 8.23. The topological polar surface area (TPSA) is 18.5 Å². The molecular formula is C16H21BO2S. The maximum atomic E-state index is 6.11. The van der Waals surface area contributed by atoms with E-state index in [0.29, 0.717) is 5.41 Å². The number of fused-ring (bicyclic) bond motifs is 3. The van der Waals surface area contributed by atoms with Crippen LogP contribution in [0, 0.1) is 16.7 Å². The molecule has 3 atom stereocenters. The molecule has 2 aliphatic carbocycles. The minimum Gasteiger partial charge on any atom is -0.522 e. The zero-order chi connectivity index (χ0) is 14.2. The number of para-hydroxylation sites is 2. The van der Waals surface area contributed by atoms with Gasteiger partial charge in [-0.1, -0.05) is 32.9 Å². The second kappa shape index (κ2) is 3.71. The molecule has 2 fully saturated rings. The summed E-state index contributed by atoms with van der Waals surface area (Å²) in [5.74, 6) is 2.44. The maximum absolute atomic E-state index is 6.11. The van der Waals surface area contributed by atoms with Gasteiger partial charge in [0, 0.05) is 0 Å². The molecule has 0 radical (unpaired) electrons. The molecular weight excluding hydrogens is 267 g/mol. The third-order valence-corrected chi connectivity index (χ3v) is 7.54. The van der Waals surface area contributed by atoms with Crippen LogP contribution in [-0.2, 0) is 0 Å². The van der Waals surface area contributed by atoms with Gasteiger partial charge in [0.15, 0.2) is 0 Å². The molecule has 0 spiro atoms. The normalized spacial score (nSPS) is 40.4. The summed E-state index contributed by atoms with van der Waals surface area (Å²) in [6, 6.07) is 7.94. The molecule has 3 unspecified atom stereocenters. The Labute approximate surface area is 126 Å². The number of thiol groups is 1. The standard InChI is InChI=1S/C16H21BO2S/c1-14(2)11-8-9-15(14,3)16(20,10-11)17-18-12-6-4-5-7-13(12)19-17/h4-7,11,20H,8-10H2,1-3H3. The number of hydrogen-bond donors (Lipinski definition) is 1. The molecule has 1 aromatic carbocycles. The Morgan fingerprint density at radius 3 is 2.20 bits per heavy atom. The van der Waals surface area contributed by atoms with E-state index in [2.05, 4.69) is 20.8 Å². The Bertz CT molecular complexity index is 550. The molecule has 1 aliphatic heterocycles. The second-order valence-electron chi connectivity index (χ2n) is 7.43. The first-order chi connectivity index (χ1) is 9.38. The highest BCUT2D eigenvalue weighted by Crippen LogP contribution is 2.72. The summed E-state index contributed by atoms with van der Waals surface area (Å²) >= 11 is 5.14. The van der Waals surface area contributed by atoms with Gasteiger partial charge in [0.25, 0.3) is 0 Å². The molecule has 0 saturated heterocycles. The largest absolute Gasteiger partial charge is 0.612 e. The number of rotatable bonds is 1. The summed E-state index contributed by atoms with van der Waals surface area (Å²) in [6.45, 7) is 7.16. The lowest BCUT2D eigenvalue weighted by molar-refractivity contribution is 0.138. The van der Waals surface area contributed by atoms with Crippen molar-refractivity contribution in [2.24, 2.45) is 16.7 Å². The van der Waals surface area contributed by atoms with E-state index in [1.165, 1.54) is 12.8 Å². The van der Waals surface area contributed by atoms with Gasteiger partial charge in [0.05, 0.1) is 4.65 Å². The van der Waals surface area contributed by atoms with Crippen LogP contribution < -0.4 is 9.31 Å². The molecule has 0 N–H and O–H groups in total. The zero-order valence-electron chi connectivity index (χ0n) is 12.3. The lowest BCUT2D eigenvalue weighted by Crippen LogP contribution is -2.57. The van der Waals surface area contributed by atoms with Crippen LogP contribution in [0.3, 0.4) is 0 Å². The van der Waals surface area contributed by atoms with Crippen molar-refractivity contribution in [1.82, 2.24) is 0 Å². The van der Waals surface area contributed by atoms with E-state index in [1.807, 2.05) is 24.3 Å². The predicted octanol–water partition coefficient (Wildman–Crippen LogP) is 4.00. The quantitative estimate of drug-likeness (QED) is 0.622. The lowest BCUT2D eigenvalue weighted by atomic mass is 9.53. The van der Waals surface area contributed by atoms with Crippen molar-refractivity contribution in [1.29, 1.82) is 0 Å². The van der Waals surface area contributed by atoms with Gasteiger partial charge in [-0.15, -0.1) is 0 Å². The van der Waals surface area contributed by atoms with Gasteiger partial charge in [0.2, 0.25) is 0 Å². The van der Waals surface area contributed by atoms with Crippen molar-refractivity contribution in [3.05, 3.63) is 24.3 Å². The van der Waals surface area contributed by atoms with Crippen LogP contribution in [0.25, 0.3) is 0 Å². The van der Waals surface area contributed by atoms with Crippen molar-refractivity contribution in [3.63, 3.8) is 0 Å². The summed E-state index contributed by atoms with van der Waals surface area (Å²) in [6.07, 6.45) is 3.61. The van der Waals surface area contributed by atoms with Gasteiger partial charge in [-0.2, -0.15) is 12.6 Å². The van der Waals surface area contributed by atoms with Crippen molar-refractivity contribution in [2.45, 2.75) is 44.7 Å². The highest BCUT2D eigenvalue weighted by Gasteiger charge is 2.74. The van der Waals surface area contributed by atoms with Crippen molar-refractivity contribution >= 4 is 19.7 Å². The molecule has 106 valence electrons. The lowest BCUT2D eigenvalue weighted by Gasteiger charge is -2.45. The van der Waals surface area contributed by atoms with Crippen LogP contribution in [0.2, 0.25) is 0 Å². The molecule has 1 aromatic rings. The van der Waals surface area contributed by atoms with Crippen molar-refractivity contribution < 1.29 is 9.31 Å². The Hall–Kier alpha value is -0.765. The van der Waals surface area contributed by atoms with E-state index in [9.17, 15) is 0 Å². The molecule has 0 amide bonds. The van der Waals surface area contributed by atoms with E-state index < -0.39 is 0 Å². The molecule has 3 aliphatic rings. The van der Waals surface area contributed by atoms with Crippen LogP contribution in [0.4, 0.5) is 0 Å². The Kier molecular flexibility index (Phi) is 2.40. The average Bonchev–Trinajstić information content (AvgIpc) is 2.98.